The van der Waals surface area contributed by atoms with Crippen molar-refractivity contribution in [3.63, 3.8) is 0 Å². The van der Waals surface area contributed by atoms with Gasteiger partial charge < -0.3 is 10.0 Å². The third kappa shape index (κ3) is 3.34. The summed E-state index contributed by atoms with van der Waals surface area (Å²) < 4.78 is 40.4. The molecule has 1 aliphatic carbocycles. The van der Waals surface area contributed by atoms with E-state index in [2.05, 4.69) is 0 Å². The number of carbonyl (C=O) groups is 1. The molecule has 2 aliphatic rings. The first-order valence-corrected chi connectivity index (χ1v) is 9.11. The average Bonchev–Trinajstić information content (AvgIpc) is 2.93. The smallest absolute Gasteiger partial charge is 0.392 e. The van der Waals surface area contributed by atoms with E-state index in [1.807, 2.05) is 18.2 Å². The van der Waals surface area contributed by atoms with Gasteiger partial charge >= 0.3 is 6.18 Å². The minimum Gasteiger partial charge on any atom is -0.392 e. The number of carbonyl (C=O) groups excluding carboxylic acids is 1. The van der Waals surface area contributed by atoms with E-state index in [9.17, 15) is 23.1 Å². The van der Waals surface area contributed by atoms with E-state index in [0.29, 0.717) is 11.6 Å². The molecule has 27 heavy (non-hydrogen) atoms. The van der Waals surface area contributed by atoms with E-state index < -0.39 is 24.3 Å². The first-order chi connectivity index (χ1) is 12.9. The molecule has 142 valence electrons. The van der Waals surface area contributed by atoms with Crippen molar-refractivity contribution < 1.29 is 23.1 Å². The quantitative estimate of drug-likeness (QED) is 0.841. The minimum absolute atomic E-state index is 0.0194. The molecule has 2 aromatic rings. The van der Waals surface area contributed by atoms with E-state index in [1.54, 1.807) is 6.07 Å². The summed E-state index contributed by atoms with van der Waals surface area (Å²) in [4.78, 5) is 14.2. The Bertz CT molecular complexity index is 887. The predicted molar refractivity (Wildman–Crippen MR) is 95.4 cm³/mol. The van der Waals surface area contributed by atoms with Gasteiger partial charge in [0.05, 0.1) is 18.7 Å². The molecule has 1 amide bonds. The number of rotatable bonds is 4. The number of aliphatic hydroxyl groups is 1. The number of halogens is 3. The Hall–Kier alpha value is -2.34. The SMILES string of the molecule is O=C1c2cc(CO)cc(C(F)(F)F)c2CN1c1cccc(CC2CCC2)c1. The molecule has 3 nitrogen and oxygen atoms in total. The molecule has 0 radical (unpaired) electrons. The first-order valence-electron chi connectivity index (χ1n) is 9.11. The van der Waals surface area contributed by atoms with Gasteiger partial charge in [0.15, 0.2) is 0 Å². The second-order valence-corrected chi connectivity index (χ2v) is 7.39. The van der Waals surface area contributed by atoms with Gasteiger partial charge in [0, 0.05) is 11.3 Å². The Morgan fingerprint density at radius 3 is 2.52 bits per heavy atom. The number of aliphatic hydroxyl groups excluding tert-OH is 1. The van der Waals surface area contributed by atoms with Crippen LogP contribution in [0.3, 0.4) is 0 Å². The van der Waals surface area contributed by atoms with Gasteiger partial charge in [0.25, 0.3) is 5.91 Å². The molecule has 1 N–H and O–H groups in total. The zero-order chi connectivity index (χ0) is 19.2. The first kappa shape index (κ1) is 18.0. The average molecular weight is 375 g/mol. The fraction of sp³-hybridized carbons (Fsp3) is 0.381. The van der Waals surface area contributed by atoms with Crippen molar-refractivity contribution in [3.8, 4) is 0 Å². The maximum absolute atomic E-state index is 13.5. The molecule has 0 bridgehead atoms. The predicted octanol–water partition coefficient (Wildman–Crippen LogP) is 4.70. The third-order valence-corrected chi connectivity index (χ3v) is 5.56. The zero-order valence-electron chi connectivity index (χ0n) is 14.7. The van der Waals surface area contributed by atoms with Gasteiger partial charge in [0.1, 0.15) is 0 Å². The van der Waals surface area contributed by atoms with Crippen molar-refractivity contribution in [3.05, 3.63) is 64.2 Å². The topological polar surface area (TPSA) is 40.5 Å². The molecule has 1 fully saturated rings. The van der Waals surface area contributed by atoms with E-state index in [4.69, 9.17) is 0 Å². The summed E-state index contributed by atoms with van der Waals surface area (Å²) in [6.45, 7) is -0.651. The maximum atomic E-state index is 13.5. The Morgan fingerprint density at radius 2 is 1.89 bits per heavy atom. The largest absolute Gasteiger partial charge is 0.416 e. The molecule has 0 unspecified atom stereocenters. The summed E-state index contributed by atoms with van der Waals surface area (Å²) in [5, 5.41) is 9.29. The fourth-order valence-corrected chi connectivity index (χ4v) is 3.90. The Balaban J connectivity index is 1.68. The Morgan fingerprint density at radius 1 is 1.11 bits per heavy atom. The van der Waals surface area contributed by atoms with Gasteiger partial charge in [0.2, 0.25) is 0 Å². The fourth-order valence-electron chi connectivity index (χ4n) is 3.90. The summed E-state index contributed by atoms with van der Waals surface area (Å²) in [6.07, 6.45) is 0.0228. The number of benzene rings is 2. The second-order valence-electron chi connectivity index (χ2n) is 7.39. The molecule has 1 aliphatic heterocycles. The highest BCUT2D eigenvalue weighted by Gasteiger charge is 2.40. The second kappa shape index (κ2) is 6.68. The summed E-state index contributed by atoms with van der Waals surface area (Å²) in [7, 11) is 0. The van der Waals surface area contributed by atoms with E-state index >= 15 is 0 Å². The number of hydrogen-bond donors (Lipinski definition) is 1. The van der Waals surface area contributed by atoms with Crippen LogP contribution >= 0.6 is 0 Å². The molecule has 0 aromatic heterocycles. The van der Waals surface area contributed by atoms with E-state index in [-0.39, 0.29) is 23.2 Å². The van der Waals surface area contributed by atoms with Crippen LogP contribution in [0.5, 0.6) is 0 Å². The summed E-state index contributed by atoms with van der Waals surface area (Å²) >= 11 is 0. The highest BCUT2D eigenvalue weighted by molar-refractivity contribution is 6.10. The van der Waals surface area contributed by atoms with Crippen molar-refractivity contribution >= 4 is 11.6 Å². The van der Waals surface area contributed by atoms with Crippen LogP contribution in [0.2, 0.25) is 0 Å². The molecular formula is C21H20F3NO2. The third-order valence-electron chi connectivity index (χ3n) is 5.56. The van der Waals surface area contributed by atoms with Gasteiger partial charge in [-0.2, -0.15) is 13.2 Å². The number of anilines is 1. The van der Waals surface area contributed by atoms with Crippen LogP contribution in [0.1, 0.15) is 51.9 Å². The molecule has 1 saturated carbocycles. The highest BCUT2D eigenvalue weighted by atomic mass is 19.4. The van der Waals surface area contributed by atoms with Crippen molar-refractivity contribution in [2.75, 3.05) is 4.90 Å². The lowest BCUT2D eigenvalue weighted by Crippen LogP contribution is -2.23. The van der Waals surface area contributed by atoms with Crippen molar-refractivity contribution in [2.45, 2.75) is 45.0 Å². The molecule has 0 saturated heterocycles. The summed E-state index contributed by atoms with van der Waals surface area (Å²) in [6, 6.07) is 9.81. The van der Waals surface area contributed by atoms with Crippen molar-refractivity contribution in [1.82, 2.24) is 0 Å². The van der Waals surface area contributed by atoms with Crippen LogP contribution in [0, 0.1) is 5.92 Å². The van der Waals surface area contributed by atoms with Gasteiger partial charge in [-0.3, -0.25) is 4.79 Å². The van der Waals surface area contributed by atoms with Gasteiger partial charge in [-0.25, -0.2) is 0 Å². The number of alkyl halides is 3. The number of nitrogens with zero attached hydrogens (tertiary/aromatic N) is 1. The highest BCUT2D eigenvalue weighted by Crippen LogP contribution is 2.40. The van der Waals surface area contributed by atoms with Gasteiger partial charge in [-0.1, -0.05) is 31.4 Å². The molecule has 0 atom stereocenters. The lowest BCUT2D eigenvalue weighted by molar-refractivity contribution is -0.138. The summed E-state index contributed by atoms with van der Waals surface area (Å²) in [5.41, 5.74) is 0.979. The van der Waals surface area contributed by atoms with Crippen LogP contribution in [0.4, 0.5) is 18.9 Å². The number of fused-ring (bicyclic) bond motifs is 1. The van der Waals surface area contributed by atoms with E-state index in [0.717, 1.165) is 18.1 Å². The molecule has 1 heterocycles. The summed E-state index contributed by atoms with van der Waals surface area (Å²) in [5.74, 6) is 0.210. The Labute approximate surface area is 155 Å². The van der Waals surface area contributed by atoms with Crippen molar-refractivity contribution in [1.29, 1.82) is 0 Å². The zero-order valence-corrected chi connectivity index (χ0v) is 14.7. The monoisotopic (exact) mass is 375 g/mol. The van der Waals surface area contributed by atoms with Crippen LogP contribution in [0.15, 0.2) is 36.4 Å². The molecular weight excluding hydrogens is 355 g/mol. The normalized spacial score (nSPS) is 17.2. The molecule has 2 aromatic carbocycles. The molecule has 0 spiro atoms. The van der Waals surface area contributed by atoms with E-state index in [1.165, 1.54) is 30.2 Å². The van der Waals surface area contributed by atoms with Crippen molar-refractivity contribution in [2.24, 2.45) is 5.92 Å². The minimum atomic E-state index is -4.57. The molecule has 4 rings (SSSR count). The number of hydrogen-bond acceptors (Lipinski definition) is 2. The van der Waals surface area contributed by atoms with Crippen LogP contribution in [-0.2, 0) is 25.7 Å². The maximum Gasteiger partial charge on any atom is 0.416 e. The van der Waals surface area contributed by atoms with Crippen LogP contribution in [0.25, 0.3) is 0 Å². The van der Waals surface area contributed by atoms with Gasteiger partial charge in [-0.05, 0) is 53.3 Å². The lowest BCUT2D eigenvalue weighted by atomic mass is 9.81. The van der Waals surface area contributed by atoms with Crippen LogP contribution < -0.4 is 4.90 Å². The standard InChI is InChI=1S/C21H20F3NO2/c22-21(23,24)19-10-15(12-26)9-17-18(19)11-25(20(17)27)16-6-2-5-14(8-16)7-13-3-1-4-13/h2,5-6,8-10,13,26H,1,3-4,7,11-12H2. The van der Waals surface area contributed by atoms with Gasteiger partial charge in [-0.15, -0.1) is 0 Å². The number of amides is 1. The molecule has 6 heteroatoms. The van der Waals surface area contributed by atoms with Crippen LogP contribution in [-0.4, -0.2) is 11.0 Å². The Kier molecular flexibility index (Phi) is 4.46. The lowest BCUT2D eigenvalue weighted by Gasteiger charge is -2.26.